The molecule has 7 heteroatoms. The van der Waals surface area contributed by atoms with Crippen molar-refractivity contribution in [2.45, 2.75) is 25.2 Å². The third-order valence-electron chi connectivity index (χ3n) is 3.86. The van der Waals surface area contributed by atoms with Gasteiger partial charge in [0.1, 0.15) is 5.52 Å². The highest BCUT2D eigenvalue weighted by Crippen LogP contribution is 2.39. The predicted molar refractivity (Wildman–Crippen MR) is 85.4 cm³/mol. The lowest BCUT2D eigenvalue weighted by atomic mass is 9.85. The number of hydrogen-bond donors (Lipinski definition) is 2. The maximum absolute atomic E-state index is 12.1. The van der Waals surface area contributed by atoms with Crippen molar-refractivity contribution in [1.29, 1.82) is 0 Å². The Labute approximate surface area is 130 Å². The van der Waals surface area contributed by atoms with Gasteiger partial charge in [0.15, 0.2) is 17.1 Å². The number of urea groups is 1. The first kappa shape index (κ1) is 13.3. The number of carbonyl (C=O) groups is 1. The lowest BCUT2D eigenvalue weighted by molar-refractivity contribution is 0.262. The largest absolute Gasteiger partial charge is 0.443 e. The van der Waals surface area contributed by atoms with Crippen LogP contribution in [0.2, 0.25) is 0 Å². The van der Waals surface area contributed by atoms with Crippen molar-refractivity contribution in [1.82, 2.24) is 9.97 Å². The fraction of sp³-hybridized carbons (Fsp3) is 0.267. The van der Waals surface area contributed by atoms with Crippen LogP contribution in [0.4, 0.5) is 15.6 Å². The number of benzene rings is 1. The number of rotatable bonds is 3. The van der Waals surface area contributed by atoms with Gasteiger partial charge < -0.3 is 9.73 Å². The number of nitrogens with one attached hydrogen (secondary N) is 2. The van der Waals surface area contributed by atoms with Crippen LogP contribution >= 0.6 is 11.3 Å². The molecule has 1 fully saturated rings. The Hall–Kier alpha value is -2.41. The summed E-state index contributed by atoms with van der Waals surface area (Å²) in [6.07, 6.45) is 6.96. The van der Waals surface area contributed by atoms with Crippen molar-refractivity contribution >= 4 is 39.3 Å². The van der Waals surface area contributed by atoms with Crippen LogP contribution in [0.5, 0.6) is 0 Å². The molecule has 2 aromatic heterocycles. The number of anilines is 2. The fourth-order valence-corrected chi connectivity index (χ4v) is 3.44. The Kier molecular flexibility index (Phi) is 3.27. The number of amides is 2. The second-order valence-corrected chi connectivity index (χ2v) is 6.34. The van der Waals surface area contributed by atoms with E-state index >= 15 is 0 Å². The van der Waals surface area contributed by atoms with Crippen molar-refractivity contribution in [3.63, 3.8) is 0 Å². The number of nitrogens with zero attached hydrogens (tertiary/aromatic N) is 2. The van der Waals surface area contributed by atoms with Gasteiger partial charge in [-0.2, -0.15) is 0 Å². The first-order chi connectivity index (χ1) is 10.8. The monoisotopic (exact) mass is 314 g/mol. The average molecular weight is 314 g/mol. The molecule has 0 unspecified atom stereocenters. The van der Waals surface area contributed by atoms with Gasteiger partial charge in [-0.25, -0.2) is 14.8 Å². The normalized spacial score (nSPS) is 14.7. The quantitative estimate of drug-likeness (QED) is 0.759. The number of thiazole rings is 1. The smallest absolute Gasteiger partial charge is 0.325 e. The summed E-state index contributed by atoms with van der Waals surface area (Å²) >= 11 is 1.54. The highest BCUT2D eigenvalue weighted by molar-refractivity contribution is 7.15. The van der Waals surface area contributed by atoms with E-state index in [2.05, 4.69) is 20.6 Å². The van der Waals surface area contributed by atoms with Gasteiger partial charge in [-0.1, -0.05) is 12.5 Å². The van der Waals surface area contributed by atoms with E-state index in [4.69, 9.17) is 4.42 Å². The third kappa shape index (κ3) is 2.43. The number of oxazole rings is 1. The molecule has 1 aromatic carbocycles. The maximum Gasteiger partial charge on any atom is 0.325 e. The molecule has 0 bridgehead atoms. The second-order valence-electron chi connectivity index (χ2n) is 5.28. The maximum atomic E-state index is 12.1. The number of hydrogen-bond acceptors (Lipinski definition) is 5. The van der Waals surface area contributed by atoms with Crippen molar-refractivity contribution in [2.75, 3.05) is 10.6 Å². The molecule has 1 aliphatic carbocycles. The summed E-state index contributed by atoms with van der Waals surface area (Å²) < 4.78 is 5.21. The molecule has 2 N–H and O–H groups in total. The summed E-state index contributed by atoms with van der Waals surface area (Å²) in [6, 6.07) is 5.06. The van der Waals surface area contributed by atoms with Crippen LogP contribution in [0, 0.1) is 0 Å². The van der Waals surface area contributed by atoms with Gasteiger partial charge in [0.05, 0.1) is 5.69 Å². The Balaban J connectivity index is 1.46. The molecule has 0 aliphatic heterocycles. The molecule has 6 nitrogen and oxygen atoms in total. The molecule has 0 atom stereocenters. The first-order valence-corrected chi connectivity index (χ1v) is 7.97. The lowest BCUT2D eigenvalue weighted by Gasteiger charge is -2.23. The van der Waals surface area contributed by atoms with Crippen LogP contribution in [0.15, 0.2) is 35.2 Å². The fourth-order valence-electron chi connectivity index (χ4n) is 2.46. The van der Waals surface area contributed by atoms with E-state index in [1.54, 1.807) is 29.5 Å². The van der Waals surface area contributed by atoms with Gasteiger partial charge in [-0.05, 0) is 30.9 Å². The summed E-state index contributed by atoms with van der Waals surface area (Å²) in [5.41, 5.74) is 1.88. The molecule has 0 radical (unpaired) electrons. The first-order valence-electron chi connectivity index (χ1n) is 7.15. The van der Waals surface area contributed by atoms with E-state index in [9.17, 15) is 4.79 Å². The highest BCUT2D eigenvalue weighted by Gasteiger charge is 2.22. The second kappa shape index (κ2) is 5.42. The zero-order valence-corrected chi connectivity index (χ0v) is 12.5. The zero-order valence-electron chi connectivity index (χ0n) is 11.7. The van der Waals surface area contributed by atoms with E-state index in [1.165, 1.54) is 30.5 Å². The molecule has 1 aliphatic rings. The van der Waals surface area contributed by atoms with E-state index in [0.29, 0.717) is 27.8 Å². The van der Waals surface area contributed by atoms with E-state index in [-0.39, 0.29) is 6.03 Å². The molecular weight excluding hydrogens is 300 g/mol. The van der Waals surface area contributed by atoms with Crippen molar-refractivity contribution in [3.8, 4) is 0 Å². The Morgan fingerprint density at radius 2 is 2.18 bits per heavy atom. The van der Waals surface area contributed by atoms with Crippen LogP contribution in [0.25, 0.3) is 11.1 Å². The number of carbonyl (C=O) groups excluding carboxylic acids is 1. The van der Waals surface area contributed by atoms with Crippen molar-refractivity contribution < 1.29 is 9.21 Å². The summed E-state index contributed by atoms with van der Waals surface area (Å²) in [5, 5.41) is 6.17. The zero-order chi connectivity index (χ0) is 14.9. The molecule has 3 aromatic rings. The van der Waals surface area contributed by atoms with Crippen LogP contribution in [0.3, 0.4) is 0 Å². The Bertz CT molecular complexity index is 822. The average Bonchev–Trinajstić information content (AvgIpc) is 3.06. The summed E-state index contributed by atoms with van der Waals surface area (Å²) in [7, 11) is 0. The van der Waals surface area contributed by atoms with Crippen LogP contribution < -0.4 is 10.6 Å². The third-order valence-corrected chi connectivity index (χ3v) is 4.94. The van der Waals surface area contributed by atoms with Gasteiger partial charge in [-0.15, -0.1) is 11.3 Å². The minimum absolute atomic E-state index is 0.329. The van der Waals surface area contributed by atoms with Crippen molar-refractivity contribution in [2.24, 2.45) is 0 Å². The summed E-state index contributed by atoms with van der Waals surface area (Å²) in [5.74, 6) is 0.625. The van der Waals surface area contributed by atoms with Crippen LogP contribution in [0.1, 0.15) is 30.1 Å². The SMILES string of the molecule is O=C(Nc1ncc(C2CCC2)s1)Nc1cccc2ocnc12. The number of fused-ring (bicyclic) bond motifs is 1. The number of para-hydroxylation sites is 1. The molecule has 0 spiro atoms. The van der Waals surface area contributed by atoms with Gasteiger partial charge in [0.2, 0.25) is 0 Å². The topological polar surface area (TPSA) is 80.0 Å². The standard InChI is InChI=1S/C15H14N4O2S/c20-14(18-10-5-2-6-11-13(10)17-8-21-11)19-15-16-7-12(22-15)9-3-1-4-9/h2,5-9H,1,3-4H2,(H2,16,18,19,20). The van der Waals surface area contributed by atoms with Gasteiger partial charge in [0.25, 0.3) is 0 Å². The summed E-state index contributed by atoms with van der Waals surface area (Å²) in [6.45, 7) is 0. The van der Waals surface area contributed by atoms with Gasteiger partial charge >= 0.3 is 6.03 Å². The molecule has 0 saturated heterocycles. The van der Waals surface area contributed by atoms with Gasteiger partial charge in [0, 0.05) is 11.1 Å². The van der Waals surface area contributed by atoms with E-state index < -0.39 is 0 Å². The molecule has 2 heterocycles. The van der Waals surface area contributed by atoms with E-state index in [1.807, 2.05) is 6.20 Å². The van der Waals surface area contributed by atoms with Crippen LogP contribution in [-0.2, 0) is 0 Å². The molecule has 1 saturated carbocycles. The minimum atomic E-state index is -0.329. The van der Waals surface area contributed by atoms with Gasteiger partial charge in [-0.3, -0.25) is 5.32 Å². The number of aromatic nitrogens is 2. The molecule has 112 valence electrons. The van der Waals surface area contributed by atoms with Crippen LogP contribution in [-0.4, -0.2) is 16.0 Å². The summed E-state index contributed by atoms with van der Waals surface area (Å²) in [4.78, 5) is 21.7. The molecular formula is C15H14N4O2S. The predicted octanol–water partition coefficient (Wildman–Crippen LogP) is 4.20. The lowest BCUT2D eigenvalue weighted by Crippen LogP contribution is -2.19. The highest BCUT2D eigenvalue weighted by atomic mass is 32.1. The molecule has 4 rings (SSSR count). The van der Waals surface area contributed by atoms with E-state index in [0.717, 1.165) is 0 Å². The molecule has 2 amide bonds. The molecule has 22 heavy (non-hydrogen) atoms. The minimum Gasteiger partial charge on any atom is -0.443 e. The Morgan fingerprint density at radius 3 is 3.00 bits per heavy atom. The van der Waals surface area contributed by atoms with Crippen molar-refractivity contribution in [3.05, 3.63) is 35.7 Å². The Morgan fingerprint density at radius 1 is 1.27 bits per heavy atom.